The third kappa shape index (κ3) is 4.20. The molecule has 0 aromatic heterocycles. The van der Waals surface area contributed by atoms with Crippen molar-refractivity contribution in [3.05, 3.63) is 30.1 Å². The van der Waals surface area contributed by atoms with E-state index in [0.29, 0.717) is 11.7 Å². The van der Waals surface area contributed by atoms with Gasteiger partial charge >= 0.3 is 0 Å². The minimum Gasteiger partial charge on any atom is -0.381 e. The summed E-state index contributed by atoms with van der Waals surface area (Å²) >= 11 is 0. The van der Waals surface area contributed by atoms with E-state index in [9.17, 15) is 4.39 Å². The van der Waals surface area contributed by atoms with Crippen molar-refractivity contribution < 1.29 is 4.39 Å². The SMILES string of the molecule is CC1CCC(N(C)CCNc2ccccc2F)CC1. The summed E-state index contributed by atoms with van der Waals surface area (Å²) in [6.07, 6.45) is 5.29. The summed E-state index contributed by atoms with van der Waals surface area (Å²) in [5, 5.41) is 3.18. The molecule has 106 valence electrons. The van der Waals surface area contributed by atoms with Gasteiger partial charge in [-0.15, -0.1) is 0 Å². The molecule has 19 heavy (non-hydrogen) atoms. The predicted molar refractivity (Wildman–Crippen MR) is 78.9 cm³/mol. The van der Waals surface area contributed by atoms with E-state index < -0.39 is 0 Å². The Morgan fingerprint density at radius 2 is 1.89 bits per heavy atom. The Bertz CT molecular complexity index is 386. The number of hydrogen-bond acceptors (Lipinski definition) is 2. The van der Waals surface area contributed by atoms with E-state index >= 15 is 0 Å². The molecule has 0 atom stereocenters. The van der Waals surface area contributed by atoms with E-state index in [-0.39, 0.29) is 5.82 Å². The molecule has 1 saturated carbocycles. The molecule has 1 N–H and O–H groups in total. The van der Waals surface area contributed by atoms with Crippen LogP contribution < -0.4 is 5.32 Å². The first-order valence-corrected chi connectivity index (χ1v) is 7.35. The van der Waals surface area contributed by atoms with Crippen LogP contribution in [0.2, 0.25) is 0 Å². The van der Waals surface area contributed by atoms with Crippen LogP contribution in [0.1, 0.15) is 32.6 Å². The maximum atomic E-state index is 13.4. The fourth-order valence-corrected chi connectivity index (χ4v) is 2.84. The Morgan fingerprint density at radius 3 is 2.58 bits per heavy atom. The lowest BCUT2D eigenvalue weighted by atomic mass is 9.87. The van der Waals surface area contributed by atoms with Gasteiger partial charge in [0, 0.05) is 19.1 Å². The summed E-state index contributed by atoms with van der Waals surface area (Å²) in [6, 6.07) is 7.57. The molecule has 1 aromatic carbocycles. The number of anilines is 1. The molecule has 0 radical (unpaired) electrons. The molecular weight excluding hydrogens is 239 g/mol. The van der Waals surface area contributed by atoms with Crippen LogP contribution in [0.25, 0.3) is 0 Å². The summed E-state index contributed by atoms with van der Waals surface area (Å²) in [4.78, 5) is 2.42. The van der Waals surface area contributed by atoms with Gasteiger partial charge in [0.05, 0.1) is 5.69 Å². The highest BCUT2D eigenvalue weighted by Crippen LogP contribution is 2.26. The topological polar surface area (TPSA) is 15.3 Å². The van der Waals surface area contributed by atoms with Crippen molar-refractivity contribution in [3.8, 4) is 0 Å². The fraction of sp³-hybridized carbons (Fsp3) is 0.625. The van der Waals surface area contributed by atoms with Crippen LogP contribution in [0.4, 0.5) is 10.1 Å². The van der Waals surface area contributed by atoms with Crippen LogP contribution in [0.5, 0.6) is 0 Å². The van der Waals surface area contributed by atoms with Crippen LogP contribution in [-0.2, 0) is 0 Å². The van der Waals surface area contributed by atoms with Gasteiger partial charge in [-0.05, 0) is 50.8 Å². The molecule has 0 aliphatic heterocycles. The zero-order valence-electron chi connectivity index (χ0n) is 12.0. The van der Waals surface area contributed by atoms with Gasteiger partial charge in [-0.3, -0.25) is 0 Å². The molecule has 2 nitrogen and oxygen atoms in total. The lowest BCUT2D eigenvalue weighted by molar-refractivity contribution is 0.175. The van der Waals surface area contributed by atoms with Gasteiger partial charge in [0.25, 0.3) is 0 Å². The smallest absolute Gasteiger partial charge is 0.146 e. The lowest BCUT2D eigenvalue weighted by Gasteiger charge is -2.33. The zero-order chi connectivity index (χ0) is 13.7. The average molecular weight is 264 g/mol. The number of benzene rings is 1. The number of halogens is 1. The van der Waals surface area contributed by atoms with Gasteiger partial charge < -0.3 is 10.2 Å². The summed E-state index contributed by atoms with van der Waals surface area (Å²) < 4.78 is 13.4. The van der Waals surface area contributed by atoms with Crippen molar-refractivity contribution in [2.75, 3.05) is 25.5 Å². The van der Waals surface area contributed by atoms with Gasteiger partial charge in [-0.25, -0.2) is 4.39 Å². The van der Waals surface area contributed by atoms with Gasteiger partial charge in [0.15, 0.2) is 0 Å². The molecule has 0 amide bonds. The minimum atomic E-state index is -0.170. The fourth-order valence-electron chi connectivity index (χ4n) is 2.84. The summed E-state index contributed by atoms with van der Waals surface area (Å²) in [6.45, 7) is 4.10. The largest absolute Gasteiger partial charge is 0.381 e. The number of nitrogens with one attached hydrogen (secondary N) is 1. The highest BCUT2D eigenvalue weighted by Gasteiger charge is 2.21. The second-order valence-electron chi connectivity index (χ2n) is 5.80. The molecule has 3 heteroatoms. The number of rotatable bonds is 5. The standard InChI is InChI=1S/C16H25FN2/c1-13-7-9-14(10-8-13)19(2)12-11-18-16-6-4-3-5-15(16)17/h3-6,13-14,18H,7-12H2,1-2H3. The summed E-state index contributed by atoms with van der Waals surface area (Å²) in [7, 11) is 2.18. The van der Waals surface area contributed by atoms with Crippen LogP contribution in [0, 0.1) is 11.7 Å². The van der Waals surface area contributed by atoms with Crippen molar-refractivity contribution in [2.45, 2.75) is 38.6 Å². The third-order valence-electron chi connectivity index (χ3n) is 4.26. The van der Waals surface area contributed by atoms with Crippen molar-refractivity contribution in [1.29, 1.82) is 0 Å². The first kappa shape index (κ1) is 14.3. The zero-order valence-corrected chi connectivity index (χ0v) is 12.0. The first-order chi connectivity index (χ1) is 9.16. The second kappa shape index (κ2) is 6.90. The molecule has 1 fully saturated rings. The van der Waals surface area contributed by atoms with Gasteiger partial charge in [-0.2, -0.15) is 0 Å². The van der Waals surface area contributed by atoms with Crippen molar-refractivity contribution in [2.24, 2.45) is 5.92 Å². The maximum Gasteiger partial charge on any atom is 0.146 e. The van der Waals surface area contributed by atoms with E-state index in [1.165, 1.54) is 31.7 Å². The number of likely N-dealkylation sites (N-methyl/N-ethyl adjacent to an activating group) is 1. The monoisotopic (exact) mass is 264 g/mol. The Balaban J connectivity index is 1.72. The number of nitrogens with zero attached hydrogens (tertiary/aromatic N) is 1. The maximum absolute atomic E-state index is 13.4. The van der Waals surface area contributed by atoms with Gasteiger partial charge in [0.1, 0.15) is 5.82 Å². The van der Waals surface area contributed by atoms with E-state index in [1.807, 2.05) is 6.07 Å². The predicted octanol–water partition coefficient (Wildman–Crippen LogP) is 3.75. The van der Waals surface area contributed by atoms with Crippen LogP contribution >= 0.6 is 0 Å². The quantitative estimate of drug-likeness (QED) is 0.871. The molecule has 0 heterocycles. The van der Waals surface area contributed by atoms with E-state index in [2.05, 4.69) is 24.2 Å². The average Bonchev–Trinajstić information content (AvgIpc) is 2.41. The normalized spacial score (nSPS) is 23.6. The van der Waals surface area contributed by atoms with Gasteiger partial charge in [-0.1, -0.05) is 19.1 Å². The van der Waals surface area contributed by atoms with Crippen molar-refractivity contribution >= 4 is 5.69 Å². The minimum absolute atomic E-state index is 0.170. The molecule has 0 spiro atoms. The van der Waals surface area contributed by atoms with Crippen LogP contribution in [-0.4, -0.2) is 31.1 Å². The molecular formula is C16H25FN2. The Kier molecular flexibility index (Phi) is 5.20. The molecule has 1 aliphatic rings. The van der Waals surface area contributed by atoms with E-state index in [4.69, 9.17) is 0 Å². The lowest BCUT2D eigenvalue weighted by Crippen LogP contribution is -2.37. The Hall–Kier alpha value is -1.09. The van der Waals surface area contributed by atoms with Gasteiger partial charge in [0.2, 0.25) is 0 Å². The summed E-state index contributed by atoms with van der Waals surface area (Å²) in [5.74, 6) is 0.720. The molecule has 1 aromatic rings. The van der Waals surface area contributed by atoms with Crippen LogP contribution in [0.3, 0.4) is 0 Å². The first-order valence-electron chi connectivity index (χ1n) is 7.35. The second-order valence-corrected chi connectivity index (χ2v) is 5.80. The van der Waals surface area contributed by atoms with Crippen molar-refractivity contribution in [1.82, 2.24) is 4.90 Å². The molecule has 2 rings (SSSR count). The number of para-hydroxylation sites is 1. The third-order valence-corrected chi connectivity index (χ3v) is 4.26. The Labute approximate surface area is 116 Å². The van der Waals surface area contributed by atoms with Crippen molar-refractivity contribution in [3.63, 3.8) is 0 Å². The molecule has 0 saturated heterocycles. The van der Waals surface area contributed by atoms with E-state index in [1.54, 1.807) is 12.1 Å². The summed E-state index contributed by atoms with van der Waals surface area (Å²) in [5.41, 5.74) is 0.605. The molecule has 1 aliphatic carbocycles. The molecule has 0 bridgehead atoms. The van der Waals surface area contributed by atoms with Crippen LogP contribution in [0.15, 0.2) is 24.3 Å². The number of hydrogen-bond donors (Lipinski definition) is 1. The van der Waals surface area contributed by atoms with E-state index in [0.717, 1.165) is 19.0 Å². The highest BCUT2D eigenvalue weighted by molar-refractivity contribution is 5.44. The molecule has 0 unspecified atom stereocenters. The highest BCUT2D eigenvalue weighted by atomic mass is 19.1. The Morgan fingerprint density at radius 1 is 1.21 bits per heavy atom.